The Kier molecular flexibility index (Phi) is 2.49. The van der Waals surface area contributed by atoms with Crippen LogP contribution in [-0.4, -0.2) is 17.3 Å². The Balaban J connectivity index is 2.33. The number of nitrogens with zero attached hydrogens (tertiary/aromatic N) is 2. The van der Waals surface area contributed by atoms with E-state index in [0.29, 0.717) is 5.82 Å². The number of nitrogens with two attached hydrogens (primary N) is 1. The highest BCUT2D eigenvalue weighted by atomic mass is 16.5. The van der Waals surface area contributed by atoms with Gasteiger partial charge < -0.3 is 10.5 Å². The minimum absolute atomic E-state index is 0.423. The van der Waals surface area contributed by atoms with Gasteiger partial charge in [-0.1, -0.05) is 0 Å². The minimum atomic E-state index is 0.423. The van der Waals surface area contributed by atoms with Crippen LogP contribution in [0.3, 0.4) is 0 Å². The van der Waals surface area contributed by atoms with Crippen molar-refractivity contribution in [1.82, 2.24) is 10.2 Å². The fourth-order valence-electron chi connectivity index (χ4n) is 1.26. The van der Waals surface area contributed by atoms with Gasteiger partial charge in [0.05, 0.1) is 12.8 Å². The van der Waals surface area contributed by atoms with Gasteiger partial charge in [0, 0.05) is 5.56 Å². The topological polar surface area (TPSA) is 61.0 Å². The van der Waals surface area contributed by atoms with E-state index in [1.165, 1.54) is 0 Å². The van der Waals surface area contributed by atoms with Gasteiger partial charge in [0.25, 0.3) is 0 Å². The molecule has 0 fully saturated rings. The number of anilines is 1. The van der Waals surface area contributed by atoms with Crippen molar-refractivity contribution in [2.24, 2.45) is 0 Å². The van der Waals surface area contributed by atoms with Crippen molar-refractivity contribution in [1.29, 1.82) is 0 Å². The highest BCUT2D eigenvalue weighted by molar-refractivity contribution is 5.60. The van der Waals surface area contributed by atoms with Crippen molar-refractivity contribution in [3.05, 3.63) is 36.4 Å². The molecule has 0 aliphatic heterocycles. The predicted octanol–water partition coefficient (Wildman–Crippen LogP) is 1.73. The molecule has 0 aliphatic rings. The molecule has 1 aromatic carbocycles. The van der Waals surface area contributed by atoms with E-state index in [9.17, 15) is 0 Å². The summed E-state index contributed by atoms with van der Waals surface area (Å²) in [5.74, 6) is 1.24. The monoisotopic (exact) mass is 201 g/mol. The van der Waals surface area contributed by atoms with E-state index in [1.807, 2.05) is 30.3 Å². The Labute approximate surface area is 87.7 Å². The fraction of sp³-hybridized carbons (Fsp3) is 0.0909. The van der Waals surface area contributed by atoms with E-state index in [2.05, 4.69) is 10.2 Å². The summed E-state index contributed by atoms with van der Waals surface area (Å²) in [6.07, 6.45) is 0. The lowest BCUT2D eigenvalue weighted by Gasteiger charge is -2.02. The molecule has 0 aliphatic carbocycles. The van der Waals surface area contributed by atoms with Crippen molar-refractivity contribution in [3.63, 3.8) is 0 Å². The number of methoxy groups -OCH3 is 1. The molecular weight excluding hydrogens is 190 g/mol. The molecule has 76 valence electrons. The van der Waals surface area contributed by atoms with Crippen LogP contribution in [0.5, 0.6) is 5.75 Å². The van der Waals surface area contributed by atoms with Crippen LogP contribution < -0.4 is 10.5 Å². The zero-order chi connectivity index (χ0) is 10.7. The second-order valence-corrected chi connectivity index (χ2v) is 3.07. The Morgan fingerprint density at radius 3 is 2.27 bits per heavy atom. The number of benzene rings is 1. The summed E-state index contributed by atoms with van der Waals surface area (Å²) >= 11 is 0. The molecule has 2 N–H and O–H groups in total. The summed E-state index contributed by atoms with van der Waals surface area (Å²) < 4.78 is 5.07. The highest BCUT2D eigenvalue weighted by Gasteiger charge is 1.99. The maximum Gasteiger partial charge on any atom is 0.146 e. The van der Waals surface area contributed by atoms with E-state index in [-0.39, 0.29) is 0 Å². The molecule has 15 heavy (non-hydrogen) atoms. The lowest BCUT2D eigenvalue weighted by molar-refractivity contribution is 0.415. The van der Waals surface area contributed by atoms with Gasteiger partial charge in [-0.15, -0.1) is 10.2 Å². The molecule has 1 heterocycles. The van der Waals surface area contributed by atoms with Crippen molar-refractivity contribution < 1.29 is 4.74 Å². The van der Waals surface area contributed by atoms with E-state index in [0.717, 1.165) is 17.0 Å². The molecule has 4 nitrogen and oxygen atoms in total. The van der Waals surface area contributed by atoms with Gasteiger partial charge in [-0.3, -0.25) is 0 Å². The largest absolute Gasteiger partial charge is 0.497 e. The SMILES string of the molecule is COc1ccc(-c2ccc(N)nn2)cc1. The summed E-state index contributed by atoms with van der Waals surface area (Å²) in [4.78, 5) is 0. The number of ether oxygens (including phenoxy) is 1. The van der Waals surface area contributed by atoms with Crippen molar-refractivity contribution >= 4 is 5.82 Å². The molecule has 1 aromatic heterocycles. The molecule has 4 heteroatoms. The van der Waals surface area contributed by atoms with Gasteiger partial charge >= 0.3 is 0 Å². The Morgan fingerprint density at radius 1 is 1.00 bits per heavy atom. The molecule has 0 bridgehead atoms. The number of aromatic nitrogens is 2. The van der Waals surface area contributed by atoms with Crippen LogP contribution in [0.4, 0.5) is 5.82 Å². The molecule has 2 aromatic rings. The van der Waals surface area contributed by atoms with Crippen LogP contribution in [0.15, 0.2) is 36.4 Å². The van der Waals surface area contributed by atoms with E-state index < -0.39 is 0 Å². The van der Waals surface area contributed by atoms with Gasteiger partial charge in [-0.2, -0.15) is 0 Å². The Morgan fingerprint density at radius 2 is 1.73 bits per heavy atom. The smallest absolute Gasteiger partial charge is 0.146 e. The second-order valence-electron chi connectivity index (χ2n) is 3.07. The normalized spacial score (nSPS) is 9.93. The lowest BCUT2D eigenvalue weighted by atomic mass is 10.1. The first-order valence-corrected chi connectivity index (χ1v) is 4.53. The molecule has 0 saturated heterocycles. The van der Waals surface area contributed by atoms with Crippen LogP contribution in [0.25, 0.3) is 11.3 Å². The van der Waals surface area contributed by atoms with Crippen molar-refractivity contribution in [2.75, 3.05) is 12.8 Å². The number of nitrogen functional groups attached to an aromatic ring is 1. The maximum absolute atomic E-state index is 5.46. The third-order valence-corrected chi connectivity index (χ3v) is 2.07. The molecule has 0 radical (unpaired) electrons. The minimum Gasteiger partial charge on any atom is -0.497 e. The van der Waals surface area contributed by atoms with Gasteiger partial charge in [-0.25, -0.2) is 0 Å². The predicted molar refractivity (Wildman–Crippen MR) is 58.4 cm³/mol. The second kappa shape index (κ2) is 3.96. The summed E-state index contributed by atoms with van der Waals surface area (Å²) in [6, 6.07) is 11.2. The number of rotatable bonds is 2. The quantitative estimate of drug-likeness (QED) is 0.803. The number of hydrogen-bond acceptors (Lipinski definition) is 4. The highest BCUT2D eigenvalue weighted by Crippen LogP contribution is 2.19. The molecule has 0 amide bonds. The maximum atomic E-state index is 5.46. The molecule has 0 unspecified atom stereocenters. The van der Waals surface area contributed by atoms with E-state index in [1.54, 1.807) is 13.2 Å². The van der Waals surface area contributed by atoms with Gasteiger partial charge in [-0.05, 0) is 36.4 Å². The van der Waals surface area contributed by atoms with E-state index in [4.69, 9.17) is 10.5 Å². The van der Waals surface area contributed by atoms with Crippen LogP contribution in [0.2, 0.25) is 0 Å². The van der Waals surface area contributed by atoms with Crippen molar-refractivity contribution in [2.45, 2.75) is 0 Å². The fourth-order valence-corrected chi connectivity index (χ4v) is 1.26. The van der Waals surface area contributed by atoms with Crippen LogP contribution >= 0.6 is 0 Å². The molecule has 2 rings (SSSR count). The van der Waals surface area contributed by atoms with Gasteiger partial charge in [0.2, 0.25) is 0 Å². The first kappa shape index (κ1) is 9.45. The molecular formula is C11H11N3O. The summed E-state index contributed by atoms with van der Waals surface area (Å²) in [7, 11) is 1.64. The lowest BCUT2D eigenvalue weighted by Crippen LogP contribution is -1.93. The zero-order valence-electron chi connectivity index (χ0n) is 8.34. The number of hydrogen-bond donors (Lipinski definition) is 1. The average Bonchev–Trinajstić information content (AvgIpc) is 2.30. The van der Waals surface area contributed by atoms with Gasteiger partial charge in [0.1, 0.15) is 11.6 Å². The van der Waals surface area contributed by atoms with Crippen LogP contribution in [0, 0.1) is 0 Å². The molecule has 0 saturated carbocycles. The standard InChI is InChI=1S/C11H11N3O/c1-15-9-4-2-8(3-5-9)10-6-7-11(12)14-13-10/h2-7H,1H3,(H2,12,14). The first-order chi connectivity index (χ1) is 7.29. The average molecular weight is 201 g/mol. The Hall–Kier alpha value is -2.10. The third kappa shape index (κ3) is 2.04. The molecule has 0 atom stereocenters. The summed E-state index contributed by atoms with van der Waals surface area (Å²) in [6.45, 7) is 0. The summed E-state index contributed by atoms with van der Waals surface area (Å²) in [5.41, 5.74) is 7.24. The Bertz CT molecular complexity index is 436. The molecule has 0 spiro atoms. The van der Waals surface area contributed by atoms with Crippen LogP contribution in [0.1, 0.15) is 0 Å². The summed E-state index contributed by atoms with van der Waals surface area (Å²) in [5, 5.41) is 7.78. The van der Waals surface area contributed by atoms with Crippen molar-refractivity contribution in [3.8, 4) is 17.0 Å². The first-order valence-electron chi connectivity index (χ1n) is 4.53. The zero-order valence-corrected chi connectivity index (χ0v) is 8.34. The third-order valence-electron chi connectivity index (χ3n) is 2.07. The van der Waals surface area contributed by atoms with Crippen LogP contribution in [-0.2, 0) is 0 Å². The van der Waals surface area contributed by atoms with E-state index >= 15 is 0 Å². The van der Waals surface area contributed by atoms with Gasteiger partial charge in [0.15, 0.2) is 0 Å².